The van der Waals surface area contributed by atoms with Gasteiger partial charge >= 0.3 is 5.97 Å². The maximum atomic E-state index is 12.5. The summed E-state index contributed by atoms with van der Waals surface area (Å²) in [6.07, 6.45) is 70.4. The fourth-order valence-corrected chi connectivity index (χ4v) is 9.55. The van der Waals surface area contributed by atoms with Crippen LogP contribution in [0.15, 0.2) is 24.3 Å². The molecule has 0 aromatic heterocycles. The molecular weight excluding hydrogens is 839 g/mol. The topological polar surface area (TPSA) is 95.9 Å². The highest BCUT2D eigenvalue weighted by atomic mass is 16.5. The quantitative estimate of drug-likeness (QED) is 0.0321. The number of nitrogens with one attached hydrogen (secondary N) is 1. The van der Waals surface area contributed by atoms with E-state index >= 15 is 0 Å². The van der Waals surface area contributed by atoms with Crippen LogP contribution >= 0.6 is 0 Å². The molecule has 0 heterocycles. The summed E-state index contributed by atoms with van der Waals surface area (Å²) in [6, 6.07) is -0.545. The predicted octanol–water partition coefficient (Wildman–Crippen LogP) is 19.0. The third-order valence-electron chi connectivity index (χ3n) is 14.3. The van der Waals surface area contributed by atoms with Crippen LogP contribution in [0.5, 0.6) is 0 Å². The lowest BCUT2D eigenvalue weighted by molar-refractivity contribution is -0.143. The molecule has 0 aromatic rings. The molecule has 0 saturated heterocycles. The molecule has 6 heteroatoms. The van der Waals surface area contributed by atoms with Gasteiger partial charge in [-0.3, -0.25) is 9.59 Å². The Bertz CT molecular complexity index is 1060. The minimum atomic E-state index is -0.667. The maximum Gasteiger partial charge on any atom is 0.305 e. The van der Waals surface area contributed by atoms with Crippen molar-refractivity contribution in [1.29, 1.82) is 0 Å². The van der Waals surface area contributed by atoms with Crippen LogP contribution in [0.25, 0.3) is 0 Å². The van der Waals surface area contributed by atoms with Gasteiger partial charge in [0.15, 0.2) is 0 Å². The number of aliphatic hydroxyl groups is 2. The lowest BCUT2D eigenvalue weighted by atomic mass is 10.0. The minimum absolute atomic E-state index is 0.00991. The van der Waals surface area contributed by atoms with Crippen molar-refractivity contribution in [3.63, 3.8) is 0 Å². The number of aliphatic hydroxyl groups excluding tert-OH is 2. The van der Waals surface area contributed by atoms with E-state index in [0.29, 0.717) is 25.9 Å². The normalized spacial score (nSPS) is 12.7. The van der Waals surface area contributed by atoms with E-state index in [0.717, 1.165) is 44.9 Å². The van der Waals surface area contributed by atoms with Gasteiger partial charge in [-0.25, -0.2) is 0 Å². The van der Waals surface area contributed by atoms with Gasteiger partial charge in [-0.15, -0.1) is 0 Å². The molecule has 402 valence electrons. The Morgan fingerprint density at radius 2 is 0.735 bits per heavy atom. The predicted molar refractivity (Wildman–Crippen MR) is 296 cm³/mol. The number of hydrogen-bond donors (Lipinski definition) is 3. The summed E-state index contributed by atoms with van der Waals surface area (Å²) in [7, 11) is 0. The lowest BCUT2D eigenvalue weighted by Gasteiger charge is -2.22. The minimum Gasteiger partial charge on any atom is -0.466 e. The molecule has 0 radical (unpaired) electrons. The molecule has 2 unspecified atom stereocenters. The number of esters is 1. The van der Waals surface area contributed by atoms with Crippen LogP contribution in [0, 0.1) is 0 Å². The van der Waals surface area contributed by atoms with E-state index in [1.165, 1.54) is 257 Å². The van der Waals surface area contributed by atoms with Crippen molar-refractivity contribution in [2.75, 3.05) is 13.2 Å². The van der Waals surface area contributed by atoms with E-state index in [-0.39, 0.29) is 18.5 Å². The fourth-order valence-electron chi connectivity index (χ4n) is 9.55. The third kappa shape index (κ3) is 53.7. The number of ether oxygens (including phenoxy) is 1. The largest absolute Gasteiger partial charge is 0.466 e. The van der Waals surface area contributed by atoms with Crippen molar-refractivity contribution in [1.82, 2.24) is 5.32 Å². The van der Waals surface area contributed by atoms with E-state index in [1.54, 1.807) is 0 Å². The molecule has 3 N–H and O–H groups in total. The Labute approximate surface area is 424 Å². The van der Waals surface area contributed by atoms with E-state index < -0.39 is 12.1 Å². The molecular formula is C62H119NO5. The van der Waals surface area contributed by atoms with E-state index in [2.05, 4.69) is 43.5 Å². The number of carbonyl (C=O) groups excluding carboxylic acids is 2. The summed E-state index contributed by atoms with van der Waals surface area (Å²) in [4.78, 5) is 24.5. The molecule has 0 rings (SSSR count). The Balaban J connectivity index is 3.43. The molecule has 0 aliphatic rings. The van der Waals surface area contributed by atoms with Gasteiger partial charge < -0.3 is 20.3 Å². The second-order valence-corrected chi connectivity index (χ2v) is 21.0. The standard InChI is InChI=1S/C62H119NO5/c1-3-5-7-9-11-13-15-17-31-34-38-42-46-50-54-60(65)59(58-64)63-61(66)55-51-47-43-39-35-32-29-27-25-23-21-19-18-20-22-24-26-28-30-33-37-41-45-49-53-57-68-62(67)56-52-48-44-40-36-16-14-12-10-8-6-4-2/h19-22,59-60,64-65H,3-18,23-58H2,1-2H3,(H,63,66)/b21-19-,22-20-. The Hall–Kier alpha value is -1.66. The zero-order valence-electron chi connectivity index (χ0n) is 45.9. The number of amides is 1. The molecule has 0 fully saturated rings. The maximum absolute atomic E-state index is 12.5. The van der Waals surface area contributed by atoms with Crippen molar-refractivity contribution in [3.8, 4) is 0 Å². The van der Waals surface area contributed by atoms with Crippen molar-refractivity contribution < 1.29 is 24.5 Å². The Morgan fingerprint density at radius 1 is 0.412 bits per heavy atom. The van der Waals surface area contributed by atoms with Gasteiger partial charge in [0.2, 0.25) is 5.91 Å². The third-order valence-corrected chi connectivity index (χ3v) is 14.3. The molecule has 68 heavy (non-hydrogen) atoms. The molecule has 2 atom stereocenters. The second kappa shape index (κ2) is 57.9. The van der Waals surface area contributed by atoms with Gasteiger partial charge in [0.1, 0.15) is 0 Å². The van der Waals surface area contributed by atoms with Crippen LogP contribution in [0.4, 0.5) is 0 Å². The molecule has 0 aliphatic heterocycles. The first-order valence-corrected chi connectivity index (χ1v) is 30.6. The first-order valence-electron chi connectivity index (χ1n) is 30.6. The SMILES string of the molecule is CCCCCCCCCCCCCCCCC(O)C(CO)NC(=O)CCCCCCCCCCC/C=C\C/C=C\CCCCCCCCCCCOC(=O)CCCCCCCCCCCCCC. The smallest absolute Gasteiger partial charge is 0.305 e. The van der Waals surface area contributed by atoms with Crippen molar-refractivity contribution in [2.24, 2.45) is 0 Å². The molecule has 0 spiro atoms. The summed E-state index contributed by atoms with van der Waals surface area (Å²) < 4.78 is 5.47. The zero-order valence-corrected chi connectivity index (χ0v) is 45.9. The first-order chi connectivity index (χ1) is 33.5. The van der Waals surface area contributed by atoms with Crippen LogP contribution in [-0.4, -0.2) is 47.4 Å². The number of hydrogen-bond acceptors (Lipinski definition) is 5. The van der Waals surface area contributed by atoms with Crippen LogP contribution in [-0.2, 0) is 14.3 Å². The van der Waals surface area contributed by atoms with E-state index in [4.69, 9.17) is 4.74 Å². The Morgan fingerprint density at radius 3 is 1.12 bits per heavy atom. The molecule has 0 aliphatic carbocycles. The summed E-state index contributed by atoms with van der Waals surface area (Å²) >= 11 is 0. The Kier molecular flexibility index (Phi) is 56.5. The van der Waals surface area contributed by atoms with Crippen molar-refractivity contribution in [2.45, 2.75) is 347 Å². The van der Waals surface area contributed by atoms with Crippen molar-refractivity contribution >= 4 is 11.9 Å². The number of rotatable bonds is 57. The van der Waals surface area contributed by atoms with Crippen LogP contribution in [0.2, 0.25) is 0 Å². The van der Waals surface area contributed by atoms with Crippen LogP contribution in [0.1, 0.15) is 335 Å². The number of unbranched alkanes of at least 4 members (excludes halogenated alkanes) is 42. The van der Waals surface area contributed by atoms with Crippen molar-refractivity contribution in [3.05, 3.63) is 24.3 Å². The highest BCUT2D eigenvalue weighted by Crippen LogP contribution is 2.17. The molecule has 1 amide bonds. The van der Waals surface area contributed by atoms with Crippen LogP contribution in [0.3, 0.4) is 0 Å². The highest BCUT2D eigenvalue weighted by molar-refractivity contribution is 5.76. The molecule has 6 nitrogen and oxygen atoms in total. The fraction of sp³-hybridized carbons (Fsp3) is 0.903. The van der Waals surface area contributed by atoms with E-state index in [9.17, 15) is 19.8 Å². The van der Waals surface area contributed by atoms with Gasteiger partial charge in [-0.2, -0.15) is 0 Å². The van der Waals surface area contributed by atoms with E-state index in [1.807, 2.05) is 0 Å². The van der Waals surface area contributed by atoms with Gasteiger partial charge in [0.25, 0.3) is 0 Å². The molecule has 0 aromatic carbocycles. The van der Waals surface area contributed by atoms with Crippen LogP contribution < -0.4 is 5.32 Å². The van der Waals surface area contributed by atoms with Gasteiger partial charge in [0, 0.05) is 12.8 Å². The van der Waals surface area contributed by atoms with Gasteiger partial charge in [-0.05, 0) is 57.8 Å². The number of carbonyl (C=O) groups is 2. The van der Waals surface area contributed by atoms with Gasteiger partial charge in [0.05, 0.1) is 25.4 Å². The molecule has 0 saturated carbocycles. The summed E-state index contributed by atoms with van der Waals surface area (Å²) in [5.41, 5.74) is 0. The monoisotopic (exact) mass is 958 g/mol. The summed E-state index contributed by atoms with van der Waals surface area (Å²) in [6.45, 7) is 4.96. The highest BCUT2D eigenvalue weighted by Gasteiger charge is 2.20. The number of allylic oxidation sites excluding steroid dienone is 4. The molecule has 0 bridgehead atoms. The second-order valence-electron chi connectivity index (χ2n) is 21.0. The average Bonchev–Trinajstić information content (AvgIpc) is 3.34. The first kappa shape index (κ1) is 66.3. The summed E-state index contributed by atoms with van der Waals surface area (Å²) in [5, 5.41) is 23.3. The average molecular weight is 959 g/mol. The van der Waals surface area contributed by atoms with Gasteiger partial charge in [-0.1, -0.05) is 289 Å². The zero-order chi connectivity index (χ0) is 49.3. The summed E-state index contributed by atoms with van der Waals surface area (Å²) in [5.74, 6) is -0.0298. The lowest BCUT2D eigenvalue weighted by Crippen LogP contribution is -2.45.